The first-order valence-corrected chi connectivity index (χ1v) is 7.04. The van der Waals surface area contributed by atoms with Crippen LogP contribution < -0.4 is 0 Å². The van der Waals surface area contributed by atoms with E-state index in [0.717, 1.165) is 12.2 Å². The van der Waals surface area contributed by atoms with Gasteiger partial charge in [-0.05, 0) is 39.2 Å². The number of carbonyl (C=O) groups excluding carboxylic acids is 1. The molecule has 5 heteroatoms. The molecular weight excluding hydrogens is 238 g/mol. The lowest BCUT2D eigenvalue weighted by Gasteiger charge is -2.26. The minimum absolute atomic E-state index is 0.0581. The minimum Gasteiger partial charge on any atom is -0.476 e. The minimum atomic E-state index is -0.481. The van der Waals surface area contributed by atoms with Crippen LogP contribution >= 0.6 is 11.8 Å². The Balaban J connectivity index is 2.62. The fourth-order valence-electron chi connectivity index (χ4n) is 1.56. The Morgan fingerprint density at radius 1 is 1.65 bits per heavy atom. The second-order valence-corrected chi connectivity index (χ2v) is 5.97. The number of rotatable bonds is 3. The van der Waals surface area contributed by atoms with Gasteiger partial charge in [-0.1, -0.05) is 6.58 Å². The second kappa shape index (κ2) is 5.67. The van der Waals surface area contributed by atoms with Crippen molar-refractivity contribution < 1.29 is 14.3 Å². The highest BCUT2D eigenvalue weighted by Crippen LogP contribution is 2.25. The molecular formula is C12H21NO3S. The zero-order valence-corrected chi connectivity index (χ0v) is 11.8. The van der Waals surface area contributed by atoms with E-state index in [1.807, 2.05) is 27.0 Å². The number of amides is 1. The van der Waals surface area contributed by atoms with Crippen molar-refractivity contribution in [2.24, 2.45) is 0 Å². The Kier molecular flexibility index (Phi) is 4.74. The third kappa shape index (κ3) is 4.15. The van der Waals surface area contributed by atoms with Gasteiger partial charge in [0.2, 0.25) is 0 Å². The maximum Gasteiger partial charge on any atom is 0.413 e. The maximum absolute atomic E-state index is 12.0. The molecule has 17 heavy (non-hydrogen) atoms. The first kappa shape index (κ1) is 14.2. The van der Waals surface area contributed by atoms with E-state index in [1.54, 1.807) is 16.7 Å². The zero-order chi connectivity index (χ0) is 13.1. The predicted molar refractivity (Wildman–Crippen MR) is 70.0 cm³/mol. The van der Waals surface area contributed by atoms with Crippen LogP contribution in [-0.2, 0) is 9.47 Å². The Bertz CT molecular complexity index is 299. The molecule has 0 aromatic heterocycles. The van der Waals surface area contributed by atoms with Gasteiger partial charge in [0.25, 0.3) is 0 Å². The first-order valence-electron chi connectivity index (χ1n) is 5.65. The number of carbonyl (C=O) groups is 1. The Morgan fingerprint density at radius 2 is 2.29 bits per heavy atom. The lowest BCUT2D eigenvalue weighted by Crippen LogP contribution is -2.40. The Morgan fingerprint density at radius 3 is 2.82 bits per heavy atom. The highest BCUT2D eigenvalue weighted by atomic mass is 32.2. The zero-order valence-electron chi connectivity index (χ0n) is 11.0. The smallest absolute Gasteiger partial charge is 0.413 e. The van der Waals surface area contributed by atoms with Gasteiger partial charge in [0, 0.05) is 0 Å². The van der Waals surface area contributed by atoms with Crippen LogP contribution in [0.2, 0.25) is 0 Å². The molecule has 0 spiro atoms. The van der Waals surface area contributed by atoms with Gasteiger partial charge in [-0.25, -0.2) is 4.79 Å². The van der Waals surface area contributed by atoms with E-state index in [0.29, 0.717) is 5.76 Å². The quantitative estimate of drug-likeness (QED) is 0.781. The number of thioether (sulfide) groups is 1. The van der Waals surface area contributed by atoms with Crippen molar-refractivity contribution in [2.75, 3.05) is 18.7 Å². The van der Waals surface area contributed by atoms with Crippen LogP contribution in [0, 0.1) is 0 Å². The summed E-state index contributed by atoms with van der Waals surface area (Å²) in [6.07, 6.45) is 2.55. The lowest BCUT2D eigenvalue weighted by atomic mass is 10.2. The number of ether oxygens (including phenoxy) is 2. The van der Waals surface area contributed by atoms with Crippen LogP contribution in [0.3, 0.4) is 0 Å². The van der Waals surface area contributed by atoms with Gasteiger partial charge in [-0.15, -0.1) is 0 Å². The van der Waals surface area contributed by atoms with Crippen LogP contribution in [0.4, 0.5) is 4.79 Å². The largest absolute Gasteiger partial charge is 0.476 e. The molecule has 0 aliphatic carbocycles. The van der Waals surface area contributed by atoms with Crippen LogP contribution in [0.15, 0.2) is 12.3 Å². The molecule has 0 bridgehead atoms. The monoisotopic (exact) mass is 259 g/mol. The third-order valence-corrected chi connectivity index (χ3v) is 3.00. The SMILES string of the molecule is C=C1OCN(C(=O)OC(C)(C)C)C1CCSC. The second-order valence-electron chi connectivity index (χ2n) is 4.99. The molecule has 1 amide bonds. The average Bonchev–Trinajstić information content (AvgIpc) is 2.54. The van der Waals surface area contributed by atoms with Gasteiger partial charge in [0.1, 0.15) is 11.4 Å². The molecule has 1 unspecified atom stereocenters. The summed E-state index contributed by atoms with van der Waals surface area (Å²) in [5, 5.41) is 0. The molecule has 1 saturated heterocycles. The van der Waals surface area contributed by atoms with Crippen molar-refractivity contribution in [1.82, 2.24) is 4.90 Å². The van der Waals surface area contributed by atoms with Crippen LogP contribution in [0.5, 0.6) is 0 Å². The van der Waals surface area contributed by atoms with Gasteiger partial charge < -0.3 is 9.47 Å². The average molecular weight is 259 g/mol. The predicted octanol–water partition coefficient (Wildman–Crippen LogP) is 2.85. The number of hydrogen-bond donors (Lipinski definition) is 0. The Labute approximate surface area is 107 Å². The van der Waals surface area contributed by atoms with Gasteiger partial charge in [-0.3, -0.25) is 4.90 Å². The summed E-state index contributed by atoms with van der Waals surface area (Å²) in [6, 6.07) is -0.0581. The Hall–Kier alpha value is -0.840. The molecule has 98 valence electrons. The standard InChI is InChI=1S/C12H21NO3S/c1-9-10(6-7-17-5)13(8-15-9)11(14)16-12(2,3)4/h10H,1,6-8H2,2-5H3. The van der Waals surface area contributed by atoms with Crippen molar-refractivity contribution in [1.29, 1.82) is 0 Å². The summed E-state index contributed by atoms with van der Waals surface area (Å²) in [7, 11) is 0. The van der Waals surface area contributed by atoms with Crippen molar-refractivity contribution in [3.05, 3.63) is 12.3 Å². The molecule has 0 saturated carbocycles. The van der Waals surface area contributed by atoms with Crippen molar-refractivity contribution in [2.45, 2.75) is 38.8 Å². The summed E-state index contributed by atoms with van der Waals surface area (Å²) in [5.74, 6) is 1.62. The summed E-state index contributed by atoms with van der Waals surface area (Å²) in [6.45, 7) is 9.64. The van der Waals surface area contributed by atoms with E-state index in [4.69, 9.17) is 9.47 Å². The molecule has 1 atom stereocenters. The molecule has 1 rings (SSSR count). The van der Waals surface area contributed by atoms with Crippen LogP contribution in [0.1, 0.15) is 27.2 Å². The molecule has 0 aromatic rings. The molecule has 1 aliphatic heterocycles. The molecule has 0 aromatic carbocycles. The molecule has 1 fully saturated rings. The lowest BCUT2D eigenvalue weighted by molar-refractivity contribution is 0.0159. The van der Waals surface area contributed by atoms with E-state index in [2.05, 4.69) is 6.58 Å². The number of nitrogens with zero attached hydrogens (tertiary/aromatic N) is 1. The van der Waals surface area contributed by atoms with E-state index in [1.165, 1.54) is 0 Å². The van der Waals surface area contributed by atoms with Crippen LogP contribution in [0.25, 0.3) is 0 Å². The van der Waals surface area contributed by atoms with Gasteiger partial charge in [0.05, 0.1) is 6.04 Å². The van der Waals surface area contributed by atoms with Crippen molar-refractivity contribution >= 4 is 17.9 Å². The molecule has 1 aliphatic rings. The van der Waals surface area contributed by atoms with Crippen molar-refractivity contribution in [3.8, 4) is 0 Å². The fraction of sp³-hybridized carbons (Fsp3) is 0.750. The third-order valence-electron chi connectivity index (χ3n) is 2.36. The topological polar surface area (TPSA) is 38.8 Å². The summed E-state index contributed by atoms with van der Waals surface area (Å²) >= 11 is 1.74. The van der Waals surface area contributed by atoms with Crippen molar-refractivity contribution in [3.63, 3.8) is 0 Å². The molecule has 0 N–H and O–H groups in total. The highest BCUT2D eigenvalue weighted by molar-refractivity contribution is 7.98. The van der Waals surface area contributed by atoms with Gasteiger partial charge >= 0.3 is 6.09 Å². The molecule has 0 radical (unpaired) electrons. The van der Waals surface area contributed by atoms with E-state index >= 15 is 0 Å². The summed E-state index contributed by atoms with van der Waals surface area (Å²) in [4.78, 5) is 13.6. The fourth-order valence-corrected chi connectivity index (χ4v) is 2.02. The van der Waals surface area contributed by atoms with Gasteiger partial charge in [0.15, 0.2) is 6.73 Å². The summed E-state index contributed by atoms with van der Waals surface area (Å²) < 4.78 is 10.7. The van der Waals surface area contributed by atoms with E-state index in [9.17, 15) is 4.79 Å². The maximum atomic E-state index is 12.0. The highest BCUT2D eigenvalue weighted by Gasteiger charge is 2.35. The molecule has 4 nitrogen and oxygen atoms in total. The summed E-state index contributed by atoms with van der Waals surface area (Å²) in [5.41, 5.74) is -0.481. The first-order chi connectivity index (χ1) is 7.85. The molecule has 1 heterocycles. The van der Waals surface area contributed by atoms with E-state index < -0.39 is 5.60 Å². The van der Waals surface area contributed by atoms with E-state index in [-0.39, 0.29) is 18.9 Å². The normalized spacial score (nSPS) is 20.4. The van der Waals surface area contributed by atoms with Crippen LogP contribution in [-0.4, -0.2) is 41.4 Å². The number of hydrogen-bond acceptors (Lipinski definition) is 4. The van der Waals surface area contributed by atoms with Gasteiger partial charge in [-0.2, -0.15) is 11.8 Å².